The van der Waals surface area contributed by atoms with Crippen LogP contribution in [0.15, 0.2) is 30.3 Å². The minimum absolute atomic E-state index is 0.195. The third-order valence-electron chi connectivity index (χ3n) is 4.57. The van der Waals surface area contributed by atoms with Crippen LogP contribution in [0.1, 0.15) is 64.9 Å². The zero-order valence-electron chi connectivity index (χ0n) is 16.5. The first-order valence-electron chi connectivity index (χ1n) is 10.1. The molecular formula is C23H33BrO2. The first-order valence-corrected chi connectivity index (χ1v) is 11.2. The van der Waals surface area contributed by atoms with Gasteiger partial charge in [-0.15, -0.1) is 0 Å². The van der Waals surface area contributed by atoms with Gasteiger partial charge in [-0.3, -0.25) is 0 Å². The Hall–Kier alpha value is -1.22. The molecule has 0 unspecified atom stereocenters. The third kappa shape index (κ3) is 6.50. The summed E-state index contributed by atoms with van der Waals surface area (Å²) in [5.74, 6) is 1.97. The van der Waals surface area contributed by atoms with Gasteiger partial charge in [0, 0.05) is 10.9 Å². The summed E-state index contributed by atoms with van der Waals surface area (Å²) in [6, 6.07) is 10.6. The van der Waals surface area contributed by atoms with Gasteiger partial charge in [0.15, 0.2) is 0 Å². The minimum Gasteiger partial charge on any atom is -0.493 e. The quantitative estimate of drug-likeness (QED) is 0.264. The van der Waals surface area contributed by atoms with Crippen LogP contribution in [0.2, 0.25) is 0 Å². The number of alkyl halides is 1. The van der Waals surface area contributed by atoms with E-state index in [1.165, 1.54) is 48.4 Å². The first-order chi connectivity index (χ1) is 12.7. The molecule has 0 saturated carbocycles. The predicted octanol–water partition coefficient (Wildman–Crippen LogP) is 7.30. The lowest BCUT2D eigenvalue weighted by atomic mass is 10.0. The van der Waals surface area contributed by atoms with Crippen molar-refractivity contribution in [2.45, 2.75) is 71.8 Å². The van der Waals surface area contributed by atoms with Crippen molar-refractivity contribution < 1.29 is 9.47 Å². The second-order valence-corrected chi connectivity index (χ2v) is 7.90. The smallest absolute Gasteiger partial charge is 0.123 e. The maximum atomic E-state index is 6.12. The maximum absolute atomic E-state index is 6.12. The number of unbranched alkanes of at least 4 members (excludes halogenated alkanes) is 5. The van der Waals surface area contributed by atoms with Crippen LogP contribution in [0.4, 0.5) is 0 Å². The van der Waals surface area contributed by atoms with Crippen molar-refractivity contribution in [1.29, 1.82) is 0 Å². The standard InChI is InChI=1S/C23H33BrO2/c1-4-21-22-13-12-20(26-18(2)3)17-19(22)11-14-23(21)25-16-10-8-6-5-7-9-15-24/h11-14,17-18H,4-10,15-16H2,1-3H3. The Morgan fingerprint density at radius 1 is 0.923 bits per heavy atom. The van der Waals surface area contributed by atoms with E-state index in [0.717, 1.165) is 36.3 Å². The lowest BCUT2D eigenvalue weighted by Crippen LogP contribution is -2.05. The molecular weight excluding hydrogens is 388 g/mol. The third-order valence-corrected chi connectivity index (χ3v) is 5.13. The molecule has 0 aliphatic heterocycles. The Labute approximate surface area is 167 Å². The second-order valence-electron chi connectivity index (χ2n) is 7.10. The minimum atomic E-state index is 0.195. The van der Waals surface area contributed by atoms with E-state index < -0.39 is 0 Å². The van der Waals surface area contributed by atoms with Crippen molar-refractivity contribution in [3.63, 3.8) is 0 Å². The summed E-state index contributed by atoms with van der Waals surface area (Å²) in [6.45, 7) is 7.12. The number of benzene rings is 2. The molecule has 0 radical (unpaired) electrons. The van der Waals surface area contributed by atoms with Gasteiger partial charge >= 0.3 is 0 Å². The van der Waals surface area contributed by atoms with Gasteiger partial charge in [-0.2, -0.15) is 0 Å². The van der Waals surface area contributed by atoms with E-state index in [-0.39, 0.29) is 6.10 Å². The molecule has 2 aromatic carbocycles. The Morgan fingerprint density at radius 3 is 2.35 bits per heavy atom. The Morgan fingerprint density at radius 2 is 1.65 bits per heavy atom. The highest BCUT2D eigenvalue weighted by molar-refractivity contribution is 9.09. The number of ether oxygens (including phenoxy) is 2. The molecule has 2 nitrogen and oxygen atoms in total. The Balaban J connectivity index is 1.93. The van der Waals surface area contributed by atoms with Crippen molar-refractivity contribution in [2.24, 2.45) is 0 Å². The molecule has 0 spiro atoms. The average Bonchev–Trinajstić information content (AvgIpc) is 2.63. The van der Waals surface area contributed by atoms with Crippen LogP contribution in [0.3, 0.4) is 0 Å². The number of rotatable bonds is 12. The summed E-state index contributed by atoms with van der Waals surface area (Å²) in [4.78, 5) is 0. The van der Waals surface area contributed by atoms with Gasteiger partial charge in [0.1, 0.15) is 11.5 Å². The fourth-order valence-corrected chi connectivity index (χ4v) is 3.68. The van der Waals surface area contributed by atoms with Crippen molar-refractivity contribution in [3.05, 3.63) is 35.9 Å². The van der Waals surface area contributed by atoms with Gasteiger partial charge in [-0.25, -0.2) is 0 Å². The summed E-state index contributed by atoms with van der Waals surface area (Å²) >= 11 is 3.49. The molecule has 0 aromatic heterocycles. The molecule has 0 fully saturated rings. The van der Waals surface area contributed by atoms with Crippen molar-refractivity contribution in [3.8, 4) is 11.5 Å². The van der Waals surface area contributed by atoms with Gasteiger partial charge in [-0.1, -0.05) is 60.7 Å². The molecule has 0 N–H and O–H groups in total. The van der Waals surface area contributed by atoms with Crippen LogP contribution in [0, 0.1) is 0 Å². The summed E-state index contributed by atoms with van der Waals surface area (Å²) in [5.41, 5.74) is 1.30. The topological polar surface area (TPSA) is 18.5 Å². The van der Waals surface area contributed by atoms with Crippen LogP contribution in [0.25, 0.3) is 10.8 Å². The predicted molar refractivity (Wildman–Crippen MR) is 116 cm³/mol. The molecule has 0 bridgehead atoms. The van der Waals surface area contributed by atoms with Crippen molar-refractivity contribution in [1.82, 2.24) is 0 Å². The highest BCUT2D eigenvalue weighted by Gasteiger charge is 2.09. The van der Waals surface area contributed by atoms with Crippen LogP contribution in [-0.4, -0.2) is 18.0 Å². The second kappa shape index (κ2) is 11.5. The summed E-state index contributed by atoms with van der Waals surface area (Å²) in [6.07, 6.45) is 8.83. The number of hydrogen-bond donors (Lipinski definition) is 0. The van der Waals surface area contributed by atoms with Gasteiger partial charge in [0.2, 0.25) is 0 Å². The van der Waals surface area contributed by atoms with Crippen molar-refractivity contribution >= 4 is 26.7 Å². The van der Waals surface area contributed by atoms with Gasteiger partial charge in [0.05, 0.1) is 12.7 Å². The van der Waals surface area contributed by atoms with Gasteiger partial charge < -0.3 is 9.47 Å². The highest BCUT2D eigenvalue weighted by Crippen LogP contribution is 2.31. The average molecular weight is 421 g/mol. The number of hydrogen-bond acceptors (Lipinski definition) is 2. The summed E-state index contributed by atoms with van der Waals surface area (Å²) in [7, 11) is 0. The molecule has 2 rings (SSSR count). The van der Waals surface area contributed by atoms with Crippen LogP contribution < -0.4 is 9.47 Å². The molecule has 2 aromatic rings. The lowest BCUT2D eigenvalue weighted by Gasteiger charge is -2.15. The fraction of sp³-hybridized carbons (Fsp3) is 0.565. The van der Waals surface area contributed by atoms with E-state index in [2.05, 4.69) is 67.0 Å². The molecule has 0 heterocycles. The molecule has 0 saturated heterocycles. The highest BCUT2D eigenvalue weighted by atomic mass is 79.9. The summed E-state index contributed by atoms with van der Waals surface area (Å²) in [5, 5.41) is 3.62. The Kier molecular flexibility index (Phi) is 9.31. The molecule has 0 aliphatic rings. The van der Waals surface area contributed by atoms with E-state index >= 15 is 0 Å². The normalized spacial score (nSPS) is 11.3. The van der Waals surface area contributed by atoms with E-state index in [9.17, 15) is 0 Å². The SMILES string of the molecule is CCc1c(OCCCCCCCCBr)ccc2cc(OC(C)C)ccc12. The monoisotopic (exact) mass is 420 g/mol. The molecule has 144 valence electrons. The Bertz CT molecular complexity index is 667. The number of halogens is 1. The molecule has 26 heavy (non-hydrogen) atoms. The van der Waals surface area contributed by atoms with Crippen LogP contribution in [0.5, 0.6) is 11.5 Å². The zero-order chi connectivity index (χ0) is 18.8. The van der Waals surface area contributed by atoms with Crippen LogP contribution in [-0.2, 0) is 6.42 Å². The maximum Gasteiger partial charge on any atom is 0.123 e. The summed E-state index contributed by atoms with van der Waals surface area (Å²) < 4.78 is 11.9. The van der Waals surface area contributed by atoms with Crippen molar-refractivity contribution in [2.75, 3.05) is 11.9 Å². The largest absolute Gasteiger partial charge is 0.493 e. The molecule has 0 amide bonds. The van der Waals surface area contributed by atoms with E-state index in [0.29, 0.717) is 0 Å². The van der Waals surface area contributed by atoms with Crippen LogP contribution >= 0.6 is 15.9 Å². The number of fused-ring (bicyclic) bond motifs is 1. The zero-order valence-corrected chi connectivity index (χ0v) is 18.1. The number of aryl methyl sites for hydroxylation is 1. The van der Waals surface area contributed by atoms with E-state index in [4.69, 9.17) is 9.47 Å². The first kappa shape index (κ1) is 21.1. The molecule has 3 heteroatoms. The fourth-order valence-electron chi connectivity index (χ4n) is 3.28. The molecule has 0 aliphatic carbocycles. The van der Waals surface area contributed by atoms with E-state index in [1.54, 1.807) is 0 Å². The van der Waals surface area contributed by atoms with Gasteiger partial charge in [-0.05, 0) is 62.1 Å². The van der Waals surface area contributed by atoms with E-state index in [1.807, 2.05) is 0 Å². The van der Waals surface area contributed by atoms with Gasteiger partial charge in [0.25, 0.3) is 0 Å². The lowest BCUT2D eigenvalue weighted by molar-refractivity contribution is 0.243. The molecule has 0 atom stereocenters.